The van der Waals surface area contributed by atoms with Crippen LogP contribution in [0, 0.1) is 27.7 Å². The minimum atomic E-state index is -0.323. The molecule has 3 aliphatic rings. The lowest BCUT2D eigenvalue weighted by atomic mass is 9.72. The summed E-state index contributed by atoms with van der Waals surface area (Å²) in [6, 6.07) is 56.7. The van der Waals surface area contributed by atoms with E-state index in [4.69, 9.17) is 8.83 Å². The fourth-order valence-electron chi connectivity index (χ4n) is 13.8. The van der Waals surface area contributed by atoms with E-state index < -0.39 is 0 Å². The quantitative estimate of drug-likeness (QED) is 0.176. The summed E-state index contributed by atoms with van der Waals surface area (Å²) in [6.45, 7) is 23.5. The van der Waals surface area contributed by atoms with Crippen LogP contribution < -0.4 is 4.90 Å². The molecule has 0 spiro atoms. The van der Waals surface area contributed by atoms with Crippen LogP contribution in [0.5, 0.6) is 0 Å². The van der Waals surface area contributed by atoms with Crippen LogP contribution in [-0.2, 0) is 16.2 Å². The lowest BCUT2D eigenvalue weighted by Gasteiger charge is -2.32. The zero-order valence-electron chi connectivity index (χ0n) is 41.7. The third-order valence-electron chi connectivity index (χ3n) is 17.0. The molecule has 3 nitrogen and oxygen atoms in total. The number of nitrogens with zero attached hydrogens (tertiary/aromatic N) is 1. The van der Waals surface area contributed by atoms with E-state index in [0.717, 1.165) is 44.7 Å². The first-order valence-electron chi connectivity index (χ1n) is 25.0. The normalized spacial score (nSPS) is 15.3. The fourth-order valence-corrected chi connectivity index (χ4v) is 13.8. The van der Waals surface area contributed by atoms with Gasteiger partial charge in [0.25, 0.3) is 0 Å². The van der Waals surface area contributed by atoms with Crippen molar-refractivity contribution in [2.45, 2.75) is 85.5 Å². The van der Waals surface area contributed by atoms with Crippen molar-refractivity contribution in [2.75, 3.05) is 4.90 Å². The predicted molar refractivity (Wildman–Crippen MR) is 293 cm³/mol. The molecule has 0 radical (unpaired) electrons. The van der Waals surface area contributed by atoms with Gasteiger partial charge < -0.3 is 13.7 Å². The second kappa shape index (κ2) is 13.8. The van der Waals surface area contributed by atoms with Crippen LogP contribution in [0.15, 0.2) is 160 Å². The first-order chi connectivity index (χ1) is 33.7. The van der Waals surface area contributed by atoms with E-state index in [1.165, 1.54) is 116 Å². The second-order valence-electron chi connectivity index (χ2n) is 22.2. The molecule has 0 bridgehead atoms. The number of hydrogen-bond acceptors (Lipinski definition) is 3. The Hall–Kier alpha value is -7.62. The summed E-state index contributed by atoms with van der Waals surface area (Å²) < 4.78 is 13.9. The van der Waals surface area contributed by atoms with Crippen molar-refractivity contribution in [1.82, 2.24) is 0 Å². The maximum atomic E-state index is 7.00. The molecule has 0 fully saturated rings. The zero-order valence-corrected chi connectivity index (χ0v) is 41.7. The number of hydrogen-bond donors (Lipinski definition) is 0. The summed E-state index contributed by atoms with van der Waals surface area (Å²) in [5.41, 5.74) is 29.7. The molecule has 9 aromatic carbocycles. The summed E-state index contributed by atoms with van der Waals surface area (Å²) in [4.78, 5) is 2.54. The van der Waals surface area contributed by atoms with Crippen LogP contribution in [0.2, 0.25) is 0 Å². The van der Waals surface area contributed by atoms with Crippen molar-refractivity contribution >= 4 is 60.9 Å². The molecule has 14 rings (SSSR count). The van der Waals surface area contributed by atoms with Crippen molar-refractivity contribution in [3.63, 3.8) is 0 Å². The molecule has 0 aliphatic heterocycles. The third-order valence-corrected chi connectivity index (χ3v) is 17.0. The molecular formula is C67H55NO2. The van der Waals surface area contributed by atoms with Gasteiger partial charge in [0.15, 0.2) is 0 Å². The van der Waals surface area contributed by atoms with Gasteiger partial charge >= 0.3 is 0 Å². The smallest absolute Gasteiger partial charge is 0.144 e. The summed E-state index contributed by atoms with van der Waals surface area (Å²) in [7, 11) is 0. The lowest BCUT2D eigenvalue weighted by Crippen LogP contribution is -2.24. The first-order valence-corrected chi connectivity index (χ1v) is 25.0. The number of fused-ring (bicyclic) bond motifs is 19. The van der Waals surface area contributed by atoms with E-state index in [1.807, 2.05) is 0 Å². The molecule has 2 aromatic heterocycles. The Morgan fingerprint density at radius 2 is 0.900 bits per heavy atom. The highest BCUT2D eigenvalue weighted by molar-refractivity contribution is 6.21. The molecule has 3 aliphatic carbocycles. The van der Waals surface area contributed by atoms with Gasteiger partial charge in [-0.25, -0.2) is 0 Å². The average Bonchev–Trinajstić information content (AvgIpc) is 4.09. The standard InChI is InChI=1S/C67H55NO2/c1-36-26-29-42(39(4)32-36)48-35-52-55(57-46-21-12-15-24-53(46)69-63(48)57)44-30-27-40(33-50(44)65(52,5)6)68(62-37(2)18-17-19-38(62)3)41-28-31-45-51(34-41)67(9,10)60-56(45)58-47-22-13-16-25-54(47)70-64(58)59-43-20-11-14-23-49(43)66(7,8)61(59)60/h11-35H,1-10H3. The molecule has 340 valence electrons. The molecule has 11 aromatic rings. The first kappa shape index (κ1) is 41.4. The molecule has 3 heteroatoms. The molecule has 70 heavy (non-hydrogen) atoms. The number of furan rings is 2. The number of aryl methyl sites for hydroxylation is 4. The van der Waals surface area contributed by atoms with Crippen LogP contribution in [0.3, 0.4) is 0 Å². The Bertz CT molecular complexity index is 4130. The van der Waals surface area contributed by atoms with Crippen molar-refractivity contribution in [1.29, 1.82) is 0 Å². The SMILES string of the molecule is Cc1ccc(-c2cc3c(c4c2oc2ccccc24)-c2ccc(N(c4ccc5c(c4)C(C)(C)c4c6c(c7oc8ccccc8c7c4-5)-c4ccccc4C6(C)C)c4c(C)cccc4C)cc2C3(C)C)c(C)c1. The summed E-state index contributed by atoms with van der Waals surface area (Å²) >= 11 is 0. The van der Waals surface area contributed by atoms with Gasteiger partial charge in [-0.05, 0) is 154 Å². The minimum Gasteiger partial charge on any atom is -0.455 e. The van der Waals surface area contributed by atoms with Crippen LogP contribution in [-0.4, -0.2) is 0 Å². The van der Waals surface area contributed by atoms with Gasteiger partial charge in [-0.15, -0.1) is 0 Å². The second-order valence-corrected chi connectivity index (χ2v) is 22.2. The van der Waals surface area contributed by atoms with Crippen LogP contribution in [0.25, 0.3) is 88.4 Å². The number of para-hydroxylation sites is 3. The van der Waals surface area contributed by atoms with Gasteiger partial charge in [0, 0.05) is 60.3 Å². The molecule has 0 amide bonds. The lowest BCUT2D eigenvalue weighted by molar-refractivity contribution is 0.600. The summed E-state index contributed by atoms with van der Waals surface area (Å²) in [6.07, 6.45) is 0. The van der Waals surface area contributed by atoms with Crippen LogP contribution in [0.1, 0.15) is 97.2 Å². The highest BCUT2D eigenvalue weighted by Crippen LogP contribution is 2.64. The van der Waals surface area contributed by atoms with Crippen molar-refractivity contribution < 1.29 is 8.83 Å². The third kappa shape index (κ3) is 5.20. The van der Waals surface area contributed by atoms with E-state index in [-0.39, 0.29) is 16.2 Å². The number of anilines is 3. The van der Waals surface area contributed by atoms with Gasteiger partial charge in [-0.3, -0.25) is 0 Å². The Labute approximate surface area is 410 Å². The minimum absolute atomic E-state index is 0.224. The van der Waals surface area contributed by atoms with E-state index in [9.17, 15) is 0 Å². The Morgan fingerprint density at radius 1 is 0.371 bits per heavy atom. The zero-order chi connectivity index (χ0) is 47.9. The molecule has 0 saturated carbocycles. The fraction of sp³-hybridized carbons (Fsp3) is 0.194. The highest BCUT2D eigenvalue weighted by Gasteiger charge is 2.49. The van der Waals surface area contributed by atoms with E-state index in [1.54, 1.807) is 0 Å². The predicted octanol–water partition coefficient (Wildman–Crippen LogP) is 18.8. The van der Waals surface area contributed by atoms with Crippen molar-refractivity contribution in [3.8, 4) is 44.5 Å². The Morgan fingerprint density at radius 3 is 1.57 bits per heavy atom. The maximum absolute atomic E-state index is 7.00. The van der Waals surface area contributed by atoms with Crippen molar-refractivity contribution in [2.24, 2.45) is 0 Å². The average molecular weight is 906 g/mol. The van der Waals surface area contributed by atoms with Crippen LogP contribution in [0.4, 0.5) is 17.1 Å². The van der Waals surface area contributed by atoms with Gasteiger partial charge in [-0.1, -0.05) is 156 Å². The van der Waals surface area contributed by atoms with E-state index >= 15 is 0 Å². The van der Waals surface area contributed by atoms with Gasteiger partial charge in [-0.2, -0.15) is 0 Å². The molecule has 0 saturated heterocycles. The highest BCUT2D eigenvalue weighted by atomic mass is 16.3. The van der Waals surface area contributed by atoms with Gasteiger partial charge in [0.1, 0.15) is 22.3 Å². The largest absolute Gasteiger partial charge is 0.455 e. The Balaban J connectivity index is 0.998. The summed E-state index contributed by atoms with van der Waals surface area (Å²) in [5.74, 6) is 0. The number of benzene rings is 9. The van der Waals surface area contributed by atoms with E-state index in [2.05, 4.69) is 226 Å². The van der Waals surface area contributed by atoms with Crippen molar-refractivity contribution in [3.05, 3.63) is 207 Å². The van der Waals surface area contributed by atoms with Crippen LogP contribution >= 0.6 is 0 Å². The molecular weight excluding hydrogens is 851 g/mol. The number of rotatable bonds is 4. The molecule has 0 unspecified atom stereocenters. The molecule has 2 heterocycles. The monoisotopic (exact) mass is 905 g/mol. The topological polar surface area (TPSA) is 29.5 Å². The van der Waals surface area contributed by atoms with Gasteiger partial charge in [0.2, 0.25) is 0 Å². The maximum Gasteiger partial charge on any atom is 0.144 e. The molecule has 0 atom stereocenters. The Kier molecular flexibility index (Phi) is 8.15. The van der Waals surface area contributed by atoms with Gasteiger partial charge in [0.05, 0.1) is 5.69 Å². The molecule has 0 N–H and O–H groups in total. The summed E-state index contributed by atoms with van der Waals surface area (Å²) in [5, 5.41) is 4.76. The van der Waals surface area contributed by atoms with E-state index in [0.29, 0.717) is 0 Å².